The van der Waals surface area contributed by atoms with Crippen LogP contribution in [0.25, 0.3) is 0 Å². The zero-order chi connectivity index (χ0) is 18.1. The van der Waals surface area contributed by atoms with Gasteiger partial charge >= 0.3 is 0 Å². The third-order valence-corrected chi connectivity index (χ3v) is 6.16. The maximum Gasteiger partial charge on any atom is 0.289 e. The molecular formula is C19H23N3O3S. The topological polar surface area (TPSA) is 69.7 Å². The second-order valence-corrected chi connectivity index (χ2v) is 8.25. The molecule has 0 radical (unpaired) electrons. The molecule has 2 saturated heterocycles. The number of thioether (sulfide) groups is 1. The lowest BCUT2D eigenvalue weighted by Gasteiger charge is -2.16. The zero-order valence-electron chi connectivity index (χ0n) is 14.6. The van der Waals surface area contributed by atoms with E-state index in [-0.39, 0.29) is 29.4 Å². The number of nitrogens with zero attached hydrogens (tertiary/aromatic N) is 2. The monoisotopic (exact) mass is 373 g/mol. The first-order chi connectivity index (χ1) is 12.6. The van der Waals surface area contributed by atoms with Crippen LogP contribution in [0.1, 0.15) is 35.2 Å². The molecule has 6 nitrogen and oxygen atoms in total. The van der Waals surface area contributed by atoms with Crippen molar-refractivity contribution in [3.63, 3.8) is 0 Å². The number of benzene rings is 1. The van der Waals surface area contributed by atoms with Gasteiger partial charge in [-0.2, -0.15) is 0 Å². The van der Waals surface area contributed by atoms with Gasteiger partial charge in [0, 0.05) is 24.7 Å². The van der Waals surface area contributed by atoms with E-state index in [1.54, 1.807) is 18.2 Å². The molecule has 7 heteroatoms. The van der Waals surface area contributed by atoms with Crippen LogP contribution >= 0.6 is 11.8 Å². The van der Waals surface area contributed by atoms with Gasteiger partial charge in [0.2, 0.25) is 5.91 Å². The van der Waals surface area contributed by atoms with Crippen LogP contribution in [0.4, 0.5) is 4.79 Å². The van der Waals surface area contributed by atoms with Crippen LogP contribution in [0.5, 0.6) is 0 Å². The summed E-state index contributed by atoms with van der Waals surface area (Å²) in [6.07, 6.45) is 3.80. The van der Waals surface area contributed by atoms with E-state index in [4.69, 9.17) is 0 Å². The van der Waals surface area contributed by atoms with Crippen molar-refractivity contribution in [3.05, 3.63) is 35.4 Å². The number of carbonyl (C=O) groups excluding carboxylic acids is 3. The minimum Gasteiger partial charge on any atom is -0.352 e. The van der Waals surface area contributed by atoms with Crippen molar-refractivity contribution in [1.82, 2.24) is 15.1 Å². The largest absolute Gasteiger partial charge is 0.352 e. The molecule has 1 saturated carbocycles. The van der Waals surface area contributed by atoms with E-state index in [1.165, 1.54) is 17.7 Å². The summed E-state index contributed by atoms with van der Waals surface area (Å²) >= 11 is 1.03. The summed E-state index contributed by atoms with van der Waals surface area (Å²) in [4.78, 5) is 39.7. The summed E-state index contributed by atoms with van der Waals surface area (Å²) < 4.78 is 0. The van der Waals surface area contributed by atoms with Crippen LogP contribution in [0.3, 0.4) is 0 Å². The second kappa shape index (κ2) is 7.40. The Balaban J connectivity index is 1.31. The van der Waals surface area contributed by atoms with E-state index in [0.29, 0.717) is 18.0 Å². The predicted octanol–water partition coefficient (Wildman–Crippen LogP) is 2.10. The SMILES string of the molecule is O=C(NC[C@@H]1CCN(C2CC2)C1)c1cccc(CN2C(=O)CSC2=O)c1. The van der Waals surface area contributed by atoms with Crippen LogP contribution in [-0.2, 0) is 11.3 Å². The molecule has 1 N–H and O–H groups in total. The molecule has 0 unspecified atom stereocenters. The Kier molecular flexibility index (Phi) is 5.00. The predicted molar refractivity (Wildman–Crippen MR) is 99.9 cm³/mol. The summed E-state index contributed by atoms with van der Waals surface area (Å²) in [5.74, 6) is 0.472. The van der Waals surface area contributed by atoms with Crippen molar-refractivity contribution in [2.75, 3.05) is 25.4 Å². The number of imide groups is 1. The fraction of sp³-hybridized carbons (Fsp3) is 0.526. The fourth-order valence-electron chi connectivity index (χ4n) is 3.67. The number of rotatable bonds is 6. The highest BCUT2D eigenvalue weighted by molar-refractivity contribution is 8.14. The zero-order valence-corrected chi connectivity index (χ0v) is 15.5. The van der Waals surface area contributed by atoms with Crippen molar-refractivity contribution < 1.29 is 14.4 Å². The van der Waals surface area contributed by atoms with Crippen LogP contribution < -0.4 is 5.32 Å². The molecule has 0 aromatic heterocycles. The Hall–Kier alpha value is -1.86. The van der Waals surface area contributed by atoms with Gasteiger partial charge in [0.05, 0.1) is 12.3 Å². The summed E-state index contributed by atoms with van der Waals surface area (Å²) in [7, 11) is 0. The van der Waals surface area contributed by atoms with E-state index in [0.717, 1.165) is 42.9 Å². The Morgan fingerprint density at radius 1 is 1.23 bits per heavy atom. The van der Waals surface area contributed by atoms with Crippen molar-refractivity contribution >= 4 is 28.8 Å². The van der Waals surface area contributed by atoms with Gasteiger partial charge in [0.15, 0.2) is 0 Å². The normalized spacial score (nSPS) is 23.7. The van der Waals surface area contributed by atoms with Gasteiger partial charge in [-0.1, -0.05) is 23.9 Å². The van der Waals surface area contributed by atoms with E-state index < -0.39 is 0 Å². The molecule has 3 fully saturated rings. The van der Waals surface area contributed by atoms with Gasteiger partial charge < -0.3 is 10.2 Å². The quantitative estimate of drug-likeness (QED) is 0.827. The Labute approximate surface area is 157 Å². The maximum absolute atomic E-state index is 12.5. The Morgan fingerprint density at radius 2 is 2.08 bits per heavy atom. The van der Waals surface area contributed by atoms with Crippen molar-refractivity contribution in [3.8, 4) is 0 Å². The van der Waals surface area contributed by atoms with Gasteiger partial charge in [-0.15, -0.1) is 0 Å². The average Bonchev–Trinajstić information content (AvgIpc) is 3.32. The van der Waals surface area contributed by atoms with E-state index in [9.17, 15) is 14.4 Å². The first-order valence-electron chi connectivity index (χ1n) is 9.18. The average molecular weight is 373 g/mol. The highest BCUT2D eigenvalue weighted by Gasteiger charge is 2.34. The molecule has 1 aliphatic carbocycles. The minimum atomic E-state index is -0.216. The maximum atomic E-state index is 12.5. The molecular weight excluding hydrogens is 350 g/mol. The smallest absolute Gasteiger partial charge is 0.289 e. The Bertz CT molecular complexity index is 718. The highest BCUT2D eigenvalue weighted by Crippen LogP contribution is 2.31. The van der Waals surface area contributed by atoms with Gasteiger partial charge in [0.25, 0.3) is 11.1 Å². The molecule has 2 aliphatic heterocycles. The molecule has 1 aromatic rings. The molecule has 1 aromatic carbocycles. The number of hydrogen-bond acceptors (Lipinski definition) is 5. The molecule has 0 spiro atoms. The highest BCUT2D eigenvalue weighted by atomic mass is 32.2. The van der Waals surface area contributed by atoms with Gasteiger partial charge in [-0.3, -0.25) is 19.3 Å². The van der Waals surface area contributed by atoms with E-state index in [2.05, 4.69) is 10.2 Å². The van der Waals surface area contributed by atoms with E-state index in [1.807, 2.05) is 6.07 Å². The number of carbonyl (C=O) groups is 3. The molecule has 1 atom stereocenters. The lowest BCUT2D eigenvalue weighted by molar-refractivity contribution is -0.125. The van der Waals surface area contributed by atoms with Crippen molar-refractivity contribution in [2.45, 2.75) is 31.8 Å². The first kappa shape index (κ1) is 17.5. The van der Waals surface area contributed by atoms with Crippen LogP contribution in [0, 0.1) is 5.92 Å². The molecule has 138 valence electrons. The minimum absolute atomic E-state index is 0.0924. The molecule has 3 amide bonds. The van der Waals surface area contributed by atoms with Crippen LogP contribution in [0.15, 0.2) is 24.3 Å². The van der Waals surface area contributed by atoms with E-state index >= 15 is 0 Å². The lowest BCUT2D eigenvalue weighted by Crippen LogP contribution is -2.31. The number of likely N-dealkylation sites (tertiary alicyclic amines) is 1. The number of hydrogen-bond donors (Lipinski definition) is 1. The first-order valence-corrected chi connectivity index (χ1v) is 10.2. The molecule has 3 aliphatic rings. The van der Waals surface area contributed by atoms with Crippen LogP contribution in [0.2, 0.25) is 0 Å². The summed E-state index contributed by atoms with van der Waals surface area (Å²) in [5.41, 5.74) is 1.37. The third-order valence-electron chi connectivity index (χ3n) is 5.30. The third kappa shape index (κ3) is 3.94. The standard InChI is InChI=1S/C19H23N3O3S/c23-17-12-26-19(25)22(17)11-13-2-1-3-15(8-13)18(24)20-9-14-6-7-21(10-14)16-4-5-16/h1-3,8,14,16H,4-7,9-12H2,(H,20,24)/t14-/m0/s1. The molecule has 4 rings (SSSR count). The van der Waals surface area contributed by atoms with Gasteiger partial charge in [-0.25, -0.2) is 0 Å². The number of nitrogens with one attached hydrogen (secondary N) is 1. The second-order valence-electron chi connectivity index (χ2n) is 7.33. The lowest BCUT2D eigenvalue weighted by atomic mass is 10.1. The van der Waals surface area contributed by atoms with Gasteiger partial charge in [-0.05, 0) is 49.4 Å². The molecule has 2 heterocycles. The summed E-state index contributed by atoms with van der Waals surface area (Å²) in [6.45, 7) is 3.16. The fourth-order valence-corrected chi connectivity index (χ4v) is 4.39. The summed E-state index contributed by atoms with van der Waals surface area (Å²) in [6, 6.07) is 7.97. The van der Waals surface area contributed by atoms with Crippen molar-refractivity contribution in [2.24, 2.45) is 5.92 Å². The number of amides is 3. The molecule has 26 heavy (non-hydrogen) atoms. The van der Waals surface area contributed by atoms with Crippen molar-refractivity contribution in [1.29, 1.82) is 0 Å². The van der Waals surface area contributed by atoms with Gasteiger partial charge in [0.1, 0.15) is 0 Å². The Morgan fingerprint density at radius 3 is 2.81 bits per heavy atom. The summed E-state index contributed by atoms with van der Waals surface area (Å²) in [5, 5.41) is 2.83. The molecule has 0 bridgehead atoms. The van der Waals surface area contributed by atoms with Crippen LogP contribution in [-0.4, -0.2) is 58.3 Å².